The van der Waals surface area contributed by atoms with Crippen molar-refractivity contribution in [1.29, 1.82) is 0 Å². The quantitative estimate of drug-likeness (QED) is 0.658. The molecule has 0 spiro atoms. The van der Waals surface area contributed by atoms with Gasteiger partial charge in [0.25, 0.3) is 0 Å². The van der Waals surface area contributed by atoms with Crippen molar-refractivity contribution in [3.63, 3.8) is 0 Å². The average molecular weight is 284 g/mol. The molecular formula is C13H17FN2O4. The fraction of sp³-hybridized carbons (Fsp3) is 0.385. The number of amides is 2. The highest BCUT2D eigenvalue weighted by Gasteiger charge is 2.24. The van der Waals surface area contributed by atoms with Crippen LogP contribution in [0.4, 0.5) is 14.9 Å². The van der Waals surface area contributed by atoms with Gasteiger partial charge in [0, 0.05) is 12.2 Å². The van der Waals surface area contributed by atoms with Gasteiger partial charge in [-0.2, -0.15) is 0 Å². The standard InChI is InChI=1S/C13H17FN2O4/c1-8-3-9(14)5-10(4-8)16-12(19)15-7-13(2,20)6-11(17)18/h3-5,20H,6-7H2,1-2H3,(H,17,18)(H2,15,16,19). The second-order valence-corrected chi connectivity index (χ2v) is 4.89. The van der Waals surface area contributed by atoms with Gasteiger partial charge >= 0.3 is 12.0 Å². The summed E-state index contributed by atoms with van der Waals surface area (Å²) in [5.74, 6) is -1.64. The van der Waals surface area contributed by atoms with E-state index in [1.54, 1.807) is 13.0 Å². The summed E-state index contributed by atoms with van der Waals surface area (Å²) in [7, 11) is 0. The lowest BCUT2D eigenvalue weighted by atomic mass is 10.0. The van der Waals surface area contributed by atoms with E-state index >= 15 is 0 Å². The molecule has 6 nitrogen and oxygen atoms in total. The van der Waals surface area contributed by atoms with Crippen LogP contribution in [0, 0.1) is 12.7 Å². The van der Waals surface area contributed by atoms with E-state index in [2.05, 4.69) is 10.6 Å². The van der Waals surface area contributed by atoms with Gasteiger partial charge in [-0.25, -0.2) is 9.18 Å². The lowest BCUT2D eigenvalue weighted by Crippen LogP contribution is -2.43. The van der Waals surface area contributed by atoms with Crippen molar-refractivity contribution in [2.75, 3.05) is 11.9 Å². The van der Waals surface area contributed by atoms with Gasteiger partial charge in [0.1, 0.15) is 5.82 Å². The molecule has 0 aliphatic carbocycles. The van der Waals surface area contributed by atoms with Gasteiger partial charge in [0.05, 0.1) is 12.0 Å². The van der Waals surface area contributed by atoms with E-state index in [0.29, 0.717) is 5.56 Å². The van der Waals surface area contributed by atoms with Crippen LogP contribution in [0.15, 0.2) is 18.2 Å². The Labute approximate surface area is 115 Å². The predicted octanol–water partition coefficient (Wildman–Crippen LogP) is 1.48. The van der Waals surface area contributed by atoms with Crippen molar-refractivity contribution >= 4 is 17.7 Å². The molecule has 0 heterocycles. The van der Waals surface area contributed by atoms with E-state index in [1.807, 2.05) is 0 Å². The molecule has 110 valence electrons. The second-order valence-electron chi connectivity index (χ2n) is 4.89. The Balaban J connectivity index is 2.53. The van der Waals surface area contributed by atoms with Crippen LogP contribution in [0.1, 0.15) is 18.9 Å². The number of carbonyl (C=O) groups is 2. The molecule has 1 aromatic carbocycles. The molecule has 0 aliphatic rings. The maximum Gasteiger partial charge on any atom is 0.319 e. The van der Waals surface area contributed by atoms with Crippen LogP contribution in [0.25, 0.3) is 0 Å². The summed E-state index contributed by atoms with van der Waals surface area (Å²) in [5.41, 5.74) is -0.628. The van der Waals surface area contributed by atoms with Crippen LogP contribution in [-0.4, -0.2) is 34.4 Å². The number of aryl methyl sites for hydroxylation is 1. The fourth-order valence-electron chi connectivity index (χ4n) is 1.64. The number of carboxylic acid groups (broad SMARTS) is 1. The first kappa shape index (κ1) is 15.9. The molecule has 0 radical (unpaired) electrons. The van der Waals surface area contributed by atoms with Crippen molar-refractivity contribution in [1.82, 2.24) is 5.32 Å². The molecule has 0 fully saturated rings. The largest absolute Gasteiger partial charge is 0.481 e. The molecule has 0 aromatic heterocycles. The highest BCUT2D eigenvalue weighted by atomic mass is 19.1. The molecule has 1 aromatic rings. The number of hydrogen-bond acceptors (Lipinski definition) is 3. The maximum absolute atomic E-state index is 13.1. The number of nitrogens with one attached hydrogen (secondary N) is 2. The number of rotatable bonds is 5. The molecule has 1 atom stereocenters. The topological polar surface area (TPSA) is 98.7 Å². The Hall–Kier alpha value is -2.15. The van der Waals surface area contributed by atoms with Crippen LogP contribution in [0.3, 0.4) is 0 Å². The van der Waals surface area contributed by atoms with E-state index in [4.69, 9.17) is 5.11 Å². The average Bonchev–Trinajstić information content (AvgIpc) is 2.23. The first-order valence-corrected chi connectivity index (χ1v) is 5.94. The minimum absolute atomic E-state index is 0.237. The summed E-state index contributed by atoms with van der Waals surface area (Å²) in [5, 5.41) is 23.0. The smallest absolute Gasteiger partial charge is 0.319 e. The van der Waals surface area contributed by atoms with Crippen molar-refractivity contribution < 1.29 is 24.2 Å². The summed E-state index contributed by atoms with van der Waals surface area (Å²) in [6.45, 7) is 2.75. The Kier molecular flexibility index (Phi) is 5.04. The number of hydrogen-bond donors (Lipinski definition) is 4. The summed E-state index contributed by atoms with van der Waals surface area (Å²) in [4.78, 5) is 22.1. The van der Waals surface area contributed by atoms with Gasteiger partial charge in [-0.3, -0.25) is 4.79 Å². The zero-order valence-corrected chi connectivity index (χ0v) is 11.2. The van der Waals surface area contributed by atoms with Gasteiger partial charge in [-0.05, 0) is 37.6 Å². The number of benzene rings is 1. The van der Waals surface area contributed by atoms with Crippen LogP contribution in [-0.2, 0) is 4.79 Å². The number of aliphatic hydroxyl groups is 1. The Morgan fingerprint density at radius 3 is 2.55 bits per heavy atom. The normalized spacial score (nSPS) is 13.4. The Morgan fingerprint density at radius 1 is 1.35 bits per heavy atom. The lowest BCUT2D eigenvalue weighted by molar-refractivity contribution is -0.141. The van der Waals surface area contributed by atoms with Crippen molar-refractivity contribution in [3.05, 3.63) is 29.6 Å². The first-order valence-electron chi connectivity index (χ1n) is 5.94. The van der Waals surface area contributed by atoms with Gasteiger partial charge < -0.3 is 20.8 Å². The molecule has 2 amide bonds. The van der Waals surface area contributed by atoms with Crippen LogP contribution in [0.2, 0.25) is 0 Å². The molecule has 0 aliphatic heterocycles. The van der Waals surface area contributed by atoms with E-state index in [0.717, 1.165) is 6.07 Å². The third-order valence-corrected chi connectivity index (χ3v) is 2.46. The number of aliphatic carboxylic acids is 1. The number of halogens is 1. The van der Waals surface area contributed by atoms with Crippen molar-refractivity contribution in [2.45, 2.75) is 25.9 Å². The van der Waals surface area contributed by atoms with Gasteiger partial charge in [0.15, 0.2) is 0 Å². The summed E-state index contributed by atoms with van der Waals surface area (Å²) >= 11 is 0. The zero-order chi connectivity index (χ0) is 15.3. The third kappa shape index (κ3) is 5.66. The Morgan fingerprint density at radius 2 is 2.00 bits per heavy atom. The number of anilines is 1. The van der Waals surface area contributed by atoms with Crippen molar-refractivity contribution in [3.8, 4) is 0 Å². The van der Waals surface area contributed by atoms with E-state index in [-0.39, 0.29) is 12.2 Å². The number of carbonyl (C=O) groups excluding carboxylic acids is 1. The van der Waals surface area contributed by atoms with Crippen LogP contribution < -0.4 is 10.6 Å². The molecule has 0 saturated carbocycles. The predicted molar refractivity (Wildman–Crippen MR) is 71.0 cm³/mol. The van der Waals surface area contributed by atoms with Gasteiger partial charge in [-0.15, -0.1) is 0 Å². The maximum atomic E-state index is 13.1. The molecule has 1 rings (SSSR count). The molecule has 0 saturated heterocycles. The van der Waals surface area contributed by atoms with E-state index < -0.39 is 29.8 Å². The van der Waals surface area contributed by atoms with E-state index in [1.165, 1.54) is 13.0 Å². The molecule has 1 unspecified atom stereocenters. The minimum atomic E-state index is -1.55. The van der Waals surface area contributed by atoms with Crippen molar-refractivity contribution in [2.24, 2.45) is 0 Å². The fourth-order valence-corrected chi connectivity index (χ4v) is 1.64. The summed E-state index contributed by atoms with van der Waals surface area (Å²) in [6.07, 6.45) is -0.494. The lowest BCUT2D eigenvalue weighted by Gasteiger charge is -2.21. The second kappa shape index (κ2) is 6.33. The van der Waals surface area contributed by atoms with Crippen LogP contribution in [0.5, 0.6) is 0 Å². The number of urea groups is 1. The molecule has 0 bridgehead atoms. The van der Waals surface area contributed by atoms with E-state index in [9.17, 15) is 19.1 Å². The Bertz CT molecular complexity index is 497. The summed E-state index contributed by atoms with van der Waals surface area (Å²) < 4.78 is 13.1. The SMILES string of the molecule is Cc1cc(F)cc(NC(=O)NCC(C)(O)CC(=O)O)c1. The minimum Gasteiger partial charge on any atom is -0.481 e. The monoisotopic (exact) mass is 284 g/mol. The molecular weight excluding hydrogens is 267 g/mol. The highest BCUT2D eigenvalue weighted by molar-refractivity contribution is 5.89. The molecule has 20 heavy (non-hydrogen) atoms. The van der Waals surface area contributed by atoms with Gasteiger partial charge in [0.2, 0.25) is 0 Å². The van der Waals surface area contributed by atoms with Crippen LogP contribution >= 0.6 is 0 Å². The summed E-state index contributed by atoms with van der Waals surface area (Å²) in [6, 6.07) is 3.40. The van der Waals surface area contributed by atoms with Gasteiger partial charge in [-0.1, -0.05) is 0 Å². The molecule has 4 N–H and O–H groups in total. The first-order chi connectivity index (χ1) is 9.18. The number of carboxylic acids is 1. The zero-order valence-electron chi connectivity index (χ0n) is 11.2. The highest BCUT2D eigenvalue weighted by Crippen LogP contribution is 2.13. The molecule has 7 heteroatoms. The third-order valence-electron chi connectivity index (χ3n) is 2.46.